The van der Waals surface area contributed by atoms with Crippen LogP contribution in [0.5, 0.6) is 0 Å². The molecule has 0 bridgehead atoms. The first kappa shape index (κ1) is 16.7. The molecule has 0 radical (unpaired) electrons. The lowest BCUT2D eigenvalue weighted by Gasteiger charge is -2.33. The molecule has 2 heterocycles. The highest BCUT2D eigenvalue weighted by atomic mass is 16.5. The number of hydrogen-bond acceptors (Lipinski definition) is 5. The monoisotopic (exact) mass is 329 g/mol. The maximum absolute atomic E-state index is 12.3. The molecule has 1 aromatic carbocycles. The summed E-state index contributed by atoms with van der Waals surface area (Å²) >= 11 is 0. The maximum atomic E-state index is 12.3. The molecule has 1 amide bonds. The number of ether oxygens (including phenoxy) is 1. The van der Waals surface area contributed by atoms with Crippen LogP contribution in [0.25, 0.3) is 0 Å². The molecule has 0 aliphatic carbocycles. The minimum atomic E-state index is -0.157. The van der Waals surface area contributed by atoms with Crippen molar-refractivity contribution in [2.24, 2.45) is 0 Å². The normalized spacial score (nSPS) is 18.5. The smallest absolute Gasteiger partial charge is 0.256 e. The Kier molecular flexibility index (Phi) is 5.27. The van der Waals surface area contributed by atoms with Crippen molar-refractivity contribution in [1.82, 2.24) is 15.4 Å². The van der Waals surface area contributed by atoms with Crippen LogP contribution in [-0.4, -0.2) is 48.3 Å². The second kappa shape index (κ2) is 7.59. The lowest BCUT2D eigenvalue weighted by Crippen LogP contribution is -2.47. The zero-order chi connectivity index (χ0) is 16.9. The lowest BCUT2D eigenvalue weighted by atomic mass is 10.1. The molecule has 24 heavy (non-hydrogen) atoms. The van der Waals surface area contributed by atoms with Crippen LogP contribution in [0.15, 0.2) is 34.9 Å². The SMILES string of the molecule is Cc1noc(C)c1C(=O)NC[C@@H]1CN(Cc2ccccc2)CCO1. The summed E-state index contributed by atoms with van der Waals surface area (Å²) in [5.41, 5.74) is 2.42. The fourth-order valence-corrected chi connectivity index (χ4v) is 2.99. The van der Waals surface area contributed by atoms with Crippen molar-refractivity contribution in [1.29, 1.82) is 0 Å². The van der Waals surface area contributed by atoms with Gasteiger partial charge in [-0.15, -0.1) is 0 Å². The molecule has 128 valence electrons. The summed E-state index contributed by atoms with van der Waals surface area (Å²) in [4.78, 5) is 14.6. The molecule has 2 aromatic rings. The van der Waals surface area contributed by atoms with Gasteiger partial charge < -0.3 is 14.6 Å². The van der Waals surface area contributed by atoms with Crippen LogP contribution in [0.2, 0.25) is 0 Å². The van der Waals surface area contributed by atoms with Crippen molar-refractivity contribution in [2.45, 2.75) is 26.5 Å². The molecule has 1 N–H and O–H groups in total. The number of nitrogens with one attached hydrogen (secondary N) is 1. The minimum absolute atomic E-state index is 0.00751. The van der Waals surface area contributed by atoms with Gasteiger partial charge in [-0.1, -0.05) is 35.5 Å². The van der Waals surface area contributed by atoms with E-state index in [4.69, 9.17) is 9.26 Å². The summed E-state index contributed by atoms with van der Waals surface area (Å²) in [5.74, 6) is 0.385. The maximum Gasteiger partial charge on any atom is 0.256 e. The molecule has 6 nitrogen and oxygen atoms in total. The molecule has 1 fully saturated rings. The third-order valence-corrected chi connectivity index (χ3v) is 4.22. The van der Waals surface area contributed by atoms with Gasteiger partial charge in [0.05, 0.1) is 18.4 Å². The first-order valence-corrected chi connectivity index (χ1v) is 8.22. The van der Waals surface area contributed by atoms with Gasteiger partial charge in [0, 0.05) is 26.2 Å². The van der Waals surface area contributed by atoms with Crippen molar-refractivity contribution in [3.8, 4) is 0 Å². The third-order valence-electron chi connectivity index (χ3n) is 4.22. The standard InChI is InChI=1S/C18H23N3O3/c1-13-17(14(2)24-20-13)18(22)19-10-16-12-21(8-9-23-16)11-15-6-4-3-5-7-15/h3-7,16H,8-12H2,1-2H3,(H,19,22)/t16-/m1/s1. The van der Waals surface area contributed by atoms with Crippen molar-refractivity contribution in [3.05, 3.63) is 52.9 Å². The van der Waals surface area contributed by atoms with Crippen LogP contribution in [0, 0.1) is 13.8 Å². The van der Waals surface area contributed by atoms with E-state index in [9.17, 15) is 4.79 Å². The Morgan fingerprint density at radius 1 is 1.33 bits per heavy atom. The summed E-state index contributed by atoms with van der Waals surface area (Å²) in [6.45, 7) is 7.28. The van der Waals surface area contributed by atoms with E-state index in [1.165, 1.54) is 5.56 Å². The molecule has 1 saturated heterocycles. The summed E-state index contributed by atoms with van der Waals surface area (Å²) in [6.07, 6.45) is -0.00751. The van der Waals surface area contributed by atoms with Gasteiger partial charge in [-0.25, -0.2) is 0 Å². The average molecular weight is 329 g/mol. The molecular formula is C18H23N3O3. The van der Waals surface area contributed by atoms with Crippen LogP contribution < -0.4 is 5.32 Å². The number of nitrogens with zero attached hydrogens (tertiary/aromatic N) is 2. The number of benzene rings is 1. The molecule has 3 rings (SSSR count). The van der Waals surface area contributed by atoms with Crippen LogP contribution in [0.4, 0.5) is 0 Å². The van der Waals surface area contributed by atoms with E-state index in [1.54, 1.807) is 13.8 Å². The van der Waals surface area contributed by atoms with Gasteiger partial charge >= 0.3 is 0 Å². The minimum Gasteiger partial charge on any atom is -0.374 e. The van der Waals surface area contributed by atoms with E-state index in [0.717, 1.165) is 19.6 Å². The number of morpholine rings is 1. The number of carbonyl (C=O) groups is 1. The highest BCUT2D eigenvalue weighted by Gasteiger charge is 2.23. The molecule has 6 heteroatoms. The lowest BCUT2D eigenvalue weighted by molar-refractivity contribution is -0.0292. The molecule has 1 atom stereocenters. The topological polar surface area (TPSA) is 67.6 Å². The van der Waals surface area contributed by atoms with Gasteiger partial charge in [0.1, 0.15) is 11.3 Å². The molecule has 1 aliphatic heterocycles. The molecule has 1 aromatic heterocycles. The van der Waals surface area contributed by atoms with Gasteiger partial charge in [0.2, 0.25) is 0 Å². The number of amides is 1. The molecule has 0 saturated carbocycles. The number of aromatic nitrogens is 1. The van der Waals surface area contributed by atoms with E-state index in [-0.39, 0.29) is 12.0 Å². The van der Waals surface area contributed by atoms with Crippen molar-refractivity contribution < 1.29 is 14.1 Å². The largest absolute Gasteiger partial charge is 0.374 e. The van der Waals surface area contributed by atoms with Gasteiger partial charge in [-0.05, 0) is 19.4 Å². The third kappa shape index (κ3) is 4.01. The van der Waals surface area contributed by atoms with Crippen LogP contribution in [0.1, 0.15) is 27.4 Å². The first-order chi connectivity index (χ1) is 11.6. The number of hydrogen-bond donors (Lipinski definition) is 1. The summed E-state index contributed by atoms with van der Waals surface area (Å²) in [6, 6.07) is 10.4. The highest BCUT2D eigenvalue weighted by Crippen LogP contribution is 2.13. The number of aryl methyl sites for hydroxylation is 2. The van der Waals surface area contributed by atoms with Crippen molar-refractivity contribution in [3.63, 3.8) is 0 Å². The predicted octanol–water partition coefficient (Wildman–Crippen LogP) is 1.92. The molecule has 0 spiro atoms. The predicted molar refractivity (Wildman–Crippen MR) is 89.8 cm³/mol. The van der Waals surface area contributed by atoms with Gasteiger partial charge in [-0.3, -0.25) is 9.69 Å². The first-order valence-electron chi connectivity index (χ1n) is 8.22. The molecule has 1 aliphatic rings. The van der Waals surface area contributed by atoms with Crippen molar-refractivity contribution in [2.75, 3.05) is 26.2 Å². The quantitative estimate of drug-likeness (QED) is 0.908. The highest BCUT2D eigenvalue weighted by molar-refractivity contribution is 5.96. The van der Waals surface area contributed by atoms with Crippen LogP contribution >= 0.6 is 0 Å². The fourth-order valence-electron chi connectivity index (χ4n) is 2.99. The Morgan fingerprint density at radius 2 is 2.12 bits per heavy atom. The second-order valence-electron chi connectivity index (χ2n) is 6.12. The fraction of sp³-hybridized carbons (Fsp3) is 0.444. The summed E-state index contributed by atoms with van der Waals surface area (Å²) in [7, 11) is 0. The van der Waals surface area contributed by atoms with Gasteiger partial charge in [0.15, 0.2) is 0 Å². The Bertz CT molecular complexity index is 665. The van der Waals surface area contributed by atoms with E-state index in [1.807, 2.05) is 6.07 Å². The average Bonchev–Trinajstić information content (AvgIpc) is 2.93. The van der Waals surface area contributed by atoms with Crippen molar-refractivity contribution >= 4 is 5.91 Å². The Hall–Kier alpha value is -2.18. The number of rotatable bonds is 5. The molecular weight excluding hydrogens is 306 g/mol. The second-order valence-corrected chi connectivity index (χ2v) is 6.12. The Balaban J connectivity index is 1.51. The Morgan fingerprint density at radius 3 is 2.83 bits per heavy atom. The van der Waals surface area contributed by atoms with E-state index in [2.05, 4.69) is 39.6 Å². The summed E-state index contributed by atoms with van der Waals surface area (Å²) < 4.78 is 10.8. The van der Waals surface area contributed by atoms with Crippen LogP contribution in [-0.2, 0) is 11.3 Å². The van der Waals surface area contributed by atoms with E-state index < -0.39 is 0 Å². The zero-order valence-corrected chi connectivity index (χ0v) is 14.1. The van der Waals surface area contributed by atoms with Gasteiger partial charge in [0.25, 0.3) is 5.91 Å². The zero-order valence-electron chi connectivity index (χ0n) is 14.1. The van der Waals surface area contributed by atoms with Crippen LogP contribution in [0.3, 0.4) is 0 Å². The molecule has 0 unspecified atom stereocenters. The van der Waals surface area contributed by atoms with E-state index in [0.29, 0.717) is 30.2 Å². The van der Waals surface area contributed by atoms with E-state index >= 15 is 0 Å². The number of carbonyl (C=O) groups excluding carboxylic acids is 1. The summed E-state index contributed by atoms with van der Waals surface area (Å²) in [5, 5.41) is 6.75. The van der Waals surface area contributed by atoms with Gasteiger partial charge in [-0.2, -0.15) is 0 Å². The Labute approximate surface area is 141 Å².